The van der Waals surface area contributed by atoms with E-state index in [1.807, 2.05) is 9.47 Å². The minimum absolute atomic E-state index is 0.377. The summed E-state index contributed by atoms with van der Waals surface area (Å²) in [6.45, 7) is 3.26. The highest BCUT2D eigenvalue weighted by Crippen LogP contribution is 2.13. The first kappa shape index (κ1) is 8.86. The molecule has 0 aliphatic rings. The van der Waals surface area contributed by atoms with E-state index >= 15 is 0 Å². The van der Waals surface area contributed by atoms with Crippen LogP contribution in [0.25, 0.3) is 0 Å². The van der Waals surface area contributed by atoms with Crippen LogP contribution in [-0.4, -0.2) is 18.7 Å². The molecule has 0 aromatic heterocycles. The zero-order valence-corrected chi connectivity index (χ0v) is 6.96. The Kier molecular flexibility index (Phi) is 3.09. The Labute approximate surface area is 57.0 Å². The van der Waals surface area contributed by atoms with Crippen LogP contribution in [0.4, 0.5) is 0 Å². The Morgan fingerprint density at radius 2 is 2.00 bits per heavy atom. The molecule has 0 saturated carbocycles. The molecular weight excluding hydrogens is 139 g/mol. The molecule has 1 atom stereocenters. The smallest absolute Gasteiger partial charge is 0.337 e. The number of esters is 1. The lowest BCUT2D eigenvalue weighted by atomic mass is 10.1. The lowest BCUT2D eigenvalue weighted by molar-refractivity contribution is -0.155. The fourth-order valence-corrected chi connectivity index (χ4v) is 0.390. The first-order chi connectivity index (χ1) is 4.04. The second kappa shape index (κ2) is 3.14. The standard InChI is InChI=1S/C5H11O3P/c1-5(2,8-9)4(6)7-3/h9H2,1-3H3. The highest BCUT2D eigenvalue weighted by Gasteiger charge is 2.27. The van der Waals surface area contributed by atoms with E-state index in [4.69, 9.17) is 4.52 Å². The molecule has 0 N–H and O–H groups in total. The normalized spacial score (nSPS) is 11.1. The van der Waals surface area contributed by atoms with Gasteiger partial charge in [0.05, 0.1) is 7.11 Å². The molecule has 0 heterocycles. The molecule has 0 spiro atoms. The van der Waals surface area contributed by atoms with Crippen LogP contribution in [0.3, 0.4) is 0 Å². The average molecular weight is 150 g/mol. The van der Waals surface area contributed by atoms with Crippen molar-refractivity contribution in [3.63, 3.8) is 0 Å². The van der Waals surface area contributed by atoms with Crippen molar-refractivity contribution in [2.24, 2.45) is 0 Å². The molecule has 0 aromatic rings. The summed E-state index contributed by atoms with van der Waals surface area (Å²) in [6.07, 6.45) is 0. The second-order valence-corrected chi connectivity index (χ2v) is 2.36. The summed E-state index contributed by atoms with van der Waals surface area (Å²) < 4.78 is 9.16. The highest BCUT2D eigenvalue weighted by atomic mass is 31.0. The van der Waals surface area contributed by atoms with E-state index in [0.717, 1.165) is 0 Å². The minimum atomic E-state index is -0.848. The molecule has 4 heteroatoms. The molecule has 0 fully saturated rings. The molecule has 0 aliphatic carbocycles. The van der Waals surface area contributed by atoms with Crippen LogP contribution in [-0.2, 0) is 14.1 Å². The molecule has 0 aromatic carbocycles. The largest absolute Gasteiger partial charge is 0.467 e. The van der Waals surface area contributed by atoms with Gasteiger partial charge in [-0.1, -0.05) is 0 Å². The van der Waals surface area contributed by atoms with Gasteiger partial charge in [0.2, 0.25) is 0 Å². The van der Waals surface area contributed by atoms with Gasteiger partial charge in [-0.25, -0.2) is 4.79 Å². The Balaban J connectivity index is 3.97. The third kappa shape index (κ3) is 2.29. The van der Waals surface area contributed by atoms with Gasteiger partial charge in [0, 0.05) is 9.47 Å². The number of hydrogen-bond acceptors (Lipinski definition) is 3. The molecule has 9 heavy (non-hydrogen) atoms. The van der Waals surface area contributed by atoms with E-state index in [1.54, 1.807) is 13.8 Å². The summed E-state index contributed by atoms with van der Waals surface area (Å²) in [5.41, 5.74) is -0.848. The topological polar surface area (TPSA) is 35.5 Å². The molecule has 0 bridgehead atoms. The fraction of sp³-hybridized carbons (Fsp3) is 0.800. The van der Waals surface area contributed by atoms with Crippen LogP contribution in [0.2, 0.25) is 0 Å². The number of carbonyl (C=O) groups excluding carboxylic acids is 1. The predicted octanol–water partition coefficient (Wildman–Crippen LogP) is 0.745. The van der Waals surface area contributed by atoms with Gasteiger partial charge >= 0.3 is 5.97 Å². The van der Waals surface area contributed by atoms with Crippen molar-refractivity contribution in [2.75, 3.05) is 7.11 Å². The van der Waals surface area contributed by atoms with E-state index in [0.29, 0.717) is 0 Å². The molecule has 0 amide bonds. The summed E-state index contributed by atoms with van der Waals surface area (Å²) in [5, 5.41) is 0. The summed E-state index contributed by atoms with van der Waals surface area (Å²) in [4.78, 5) is 10.7. The molecule has 0 rings (SSSR count). The SMILES string of the molecule is COC(=O)C(C)(C)OP. The number of carbonyl (C=O) groups is 1. The number of hydrogen-bond donors (Lipinski definition) is 0. The molecule has 0 saturated heterocycles. The van der Waals surface area contributed by atoms with Crippen LogP contribution in [0.5, 0.6) is 0 Å². The van der Waals surface area contributed by atoms with Crippen molar-refractivity contribution in [1.29, 1.82) is 0 Å². The molecular formula is C5H11O3P. The Morgan fingerprint density at radius 1 is 1.56 bits per heavy atom. The quantitative estimate of drug-likeness (QED) is 0.430. The Hall–Kier alpha value is -0.140. The number of methoxy groups -OCH3 is 1. The van der Waals surface area contributed by atoms with E-state index in [-0.39, 0.29) is 5.97 Å². The maximum Gasteiger partial charge on any atom is 0.337 e. The molecule has 0 aliphatic heterocycles. The van der Waals surface area contributed by atoms with Crippen LogP contribution in [0.15, 0.2) is 0 Å². The molecule has 3 nitrogen and oxygen atoms in total. The maximum absolute atomic E-state index is 10.7. The van der Waals surface area contributed by atoms with E-state index in [2.05, 4.69) is 4.74 Å². The van der Waals surface area contributed by atoms with Gasteiger partial charge in [0.15, 0.2) is 5.60 Å². The van der Waals surface area contributed by atoms with Gasteiger partial charge in [0.25, 0.3) is 0 Å². The van der Waals surface area contributed by atoms with Gasteiger partial charge in [-0.2, -0.15) is 0 Å². The van der Waals surface area contributed by atoms with Crippen molar-refractivity contribution >= 4 is 15.4 Å². The van der Waals surface area contributed by atoms with Crippen LogP contribution >= 0.6 is 9.47 Å². The van der Waals surface area contributed by atoms with Crippen molar-refractivity contribution in [2.45, 2.75) is 19.4 Å². The van der Waals surface area contributed by atoms with Gasteiger partial charge in [-0.3, -0.25) is 0 Å². The first-order valence-corrected chi connectivity index (χ1v) is 2.98. The summed E-state index contributed by atoms with van der Waals surface area (Å²) >= 11 is 0. The monoisotopic (exact) mass is 150 g/mol. The average Bonchev–Trinajstić information content (AvgIpc) is 1.86. The molecule has 0 radical (unpaired) electrons. The van der Waals surface area contributed by atoms with Crippen LogP contribution < -0.4 is 0 Å². The predicted molar refractivity (Wildman–Crippen MR) is 36.9 cm³/mol. The fourth-order valence-electron chi connectivity index (χ4n) is 0.294. The third-order valence-electron chi connectivity index (χ3n) is 0.972. The van der Waals surface area contributed by atoms with Crippen LogP contribution in [0.1, 0.15) is 13.8 Å². The van der Waals surface area contributed by atoms with Crippen molar-refractivity contribution in [3.8, 4) is 0 Å². The first-order valence-electron chi connectivity index (χ1n) is 2.51. The van der Waals surface area contributed by atoms with Gasteiger partial charge in [0.1, 0.15) is 0 Å². The lowest BCUT2D eigenvalue weighted by Gasteiger charge is -2.18. The maximum atomic E-state index is 10.7. The van der Waals surface area contributed by atoms with Gasteiger partial charge in [-0.15, -0.1) is 0 Å². The number of ether oxygens (including phenoxy) is 1. The highest BCUT2D eigenvalue weighted by molar-refractivity contribution is 7.10. The second-order valence-electron chi connectivity index (χ2n) is 2.12. The minimum Gasteiger partial charge on any atom is -0.467 e. The van der Waals surface area contributed by atoms with E-state index in [1.165, 1.54) is 7.11 Å². The zero-order chi connectivity index (χ0) is 7.49. The van der Waals surface area contributed by atoms with Crippen LogP contribution in [0, 0.1) is 0 Å². The Morgan fingerprint density at radius 3 is 2.11 bits per heavy atom. The lowest BCUT2D eigenvalue weighted by Crippen LogP contribution is -2.32. The zero-order valence-electron chi connectivity index (χ0n) is 5.80. The summed E-state index contributed by atoms with van der Waals surface area (Å²) in [7, 11) is 3.35. The van der Waals surface area contributed by atoms with Gasteiger partial charge < -0.3 is 9.26 Å². The summed E-state index contributed by atoms with van der Waals surface area (Å²) in [6, 6.07) is 0. The summed E-state index contributed by atoms with van der Waals surface area (Å²) in [5.74, 6) is -0.377. The van der Waals surface area contributed by atoms with Crippen molar-refractivity contribution in [1.82, 2.24) is 0 Å². The van der Waals surface area contributed by atoms with E-state index < -0.39 is 5.60 Å². The molecule has 1 unspecified atom stereocenters. The van der Waals surface area contributed by atoms with E-state index in [9.17, 15) is 4.79 Å². The van der Waals surface area contributed by atoms with Crippen molar-refractivity contribution < 1.29 is 14.1 Å². The molecule has 54 valence electrons. The van der Waals surface area contributed by atoms with Gasteiger partial charge in [-0.05, 0) is 13.8 Å². The Bertz CT molecular complexity index is 111. The number of rotatable bonds is 2. The van der Waals surface area contributed by atoms with Crippen molar-refractivity contribution in [3.05, 3.63) is 0 Å². The third-order valence-corrected chi connectivity index (χ3v) is 1.56.